The van der Waals surface area contributed by atoms with Gasteiger partial charge >= 0.3 is 0 Å². The molecule has 4 nitrogen and oxygen atoms in total. The Bertz CT molecular complexity index is 420. The summed E-state index contributed by atoms with van der Waals surface area (Å²) in [5.41, 5.74) is 0. The molecular formula is C6H5ClFNO3S. The first-order valence-electron chi connectivity index (χ1n) is 3.10. The first kappa shape index (κ1) is 10.2. The highest BCUT2D eigenvalue weighted by molar-refractivity contribution is 8.13. The highest BCUT2D eigenvalue weighted by Gasteiger charge is 2.14. The third-order valence-corrected chi connectivity index (χ3v) is 2.39. The first-order valence-corrected chi connectivity index (χ1v) is 5.40. The van der Waals surface area contributed by atoms with Crippen LogP contribution in [0.5, 0.6) is 5.88 Å². The number of halogens is 2. The Morgan fingerprint density at radius 1 is 1.54 bits per heavy atom. The molecule has 1 rings (SSSR count). The second-order valence-electron chi connectivity index (χ2n) is 2.10. The van der Waals surface area contributed by atoms with Gasteiger partial charge in [0.25, 0.3) is 9.05 Å². The van der Waals surface area contributed by atoms with E-state index in [1.165, 1.54) is 7.11 Å². The van der Waals surface area contributed by atoms with E-state index in [9.17, 15) is 12.8 Å². The minimum Gasteiger partial charge on any atom is -0.481 e. The smallest absolute Gasteiger partial charge is 0.278 e. The second-order valence-corrected chi connectivity index (χ2v) is 4.62. The van der Waals surface area contributed by atoms with E-state index in [4.69, 9.17) is 10.7 Å². The number of nitrogens with zero attached hydrogens (tertiary/aromatic N) is 1. The molecule has 72 valence electrons. The maximum absolute atomic E-state index is 12.7. The Labute approximate surface area is 78.7 Å². The van der Waals surface area contributed by atoms with Gasteiger partial charge in [-0.2, -0.15) is 0 Å². The van der Waals surface area contributed by atoms with Gasteiger partial charge in [-0.3, -0.25) is 0 Å². The molecule has 0 aliphatic carbocycles. The lowest BCUT2D eigenvalue weighted by Crippen LogP contribution is -1.98. The molecule has 13 heavy (non-hydrogen) atoms. The molecule has 0 spiro atoms. The highest BCUT2D eigenvalue weighted by atomic mass is 35.7. The van der Waals surface area contributed by atoms with Gasteiger partial charge in [0, 0.05) is 22.8 Å². The van der Waals surface area contributed by atoms with E-state index in [0.29, 0.717) is 6.07 Å². The molecular weight excluding hydrogens is 221 g/mol. The van der Waals surface area contributed by atoms with Crippen molar-refractivity contribution in [3.8, 4) is 5.88 Å². The van der Waals surface area contributed by atoms with Crippen molar-refractivity contribution in [3.05, 3.63) is 17.9 Å². The van der Waals surface area contributed by atoms with Crippen molar-refractivity contribution in [1.82, 2.24) is 4.98 Å². The minimum atomic E-state index is -4.02. The standard InChI is InChI=1S/C6H5ClFNO3S/c1-12-5-2-4(8)3-6(9-5)13(7,10)11/h2-3H,1H3. The van der Waals surface area contributed by atoms with Crippen LogP contribution in [0.1, 0.15) is 0 Å². The summed E-state index contributed by atoms with van der Waals surface area (Å²) in [5, 5.41) is -0.564. The van der Waals surface area contributed by atoms with E-state index < -0.39 is 19.9 Å². The molecule has 1 heterocycles. The van der Waals surface area contributed by atoms with Crippen LogP contribution in [0.4, 0.5) is 4.39 Å². The zero-order valence-electron chi connectivity index (χ0n) is 6.49. The Kier molecular flexibility index (Phi) is 2.72. The van der Waals surface area contributed by atoms with Crippen LogP contribution in [0.25, 0.3) is 0 Å². The van der Waals surface area contributed by atoms with Gasteiger partial charge in [0.15, 0.2) is 5.03 Å². The monoisotopic (exact) mass is 225 g/mol. The largest absolute Gasteiger partial charge is 0.481 e. The lowest BCUT2D eigenvalue weighted by atomic mass is 10.5. The van der Waals surface area contributed by atoms with Gasteiger partial charge in [-0.25, -0.2) is 17.8 Å². The van der Waals surface area contributed by atoms with Crippen LogP contribution >= 0.6 is 10.7 Å². The van der Waals surface area contributed by atoms with Crippen molar-refractivity contribution in [2.24, 2.45) is 0 Å². The van der Waals surface area contributed by atoms with Gasteiger partial charge in [0.2, 0.25) is 5.88 Å². The summed E-state index contributed by atoms with van der Waals surface area (Å²) in [5.74, 6) is -0.912. The quantitative estimate of drug-likeness (QED) is 0.709. The molecule has 0 aliphatic heterocycles. The third-order valence-electron chi connectivity index (χ3n) is 1.20. The van der Waals surface area contributed by atoms with E-state index in [1.807, 2.05) is 0 Å². The topological polar surface area (TPSA) is 56.3 Å². The molecule has 0 fully saturated rings. The summed E-state index contributed by atoms with van der Waals surface area (Å²) >= 11 is 0. The van der Waals surface area contributed by atoms with Crippen LogP contribution in [0.3, 0.4) is 0 Å². The summed E-state index contributed by atoms with van der Waals surface area (Å²) in [4.78, 5) is 3.44. The van der Waals surface area contributed by atoms with Crippen LogP contribution in [-0.2, 0) is 9.05 Å². The summed E-state index contributed by atoms with van der Waals surface area (Å²) in [6.45, 7) is 0. The molecule has 1 aromatic rings. The normalized spacial score (nSPS) is 11.3. The molecule has 0 bridgehead atoms. The second kappa shape index (κ2) is 3.47. The Balaban J connectivity index is 3.33. The maximum Gasteiger partial charge on any atom is 0.278 e. The molecule has 7 heteroatoms. The molecule has 0 radical (unpaired) electrons. The van der Waals surface area contributed by atoms with Gasteiger partial charge in [-0.1, -0.05) is 0 Å². The summed E-state index contributed by atoms with van der Waals surface area (Å²) in [6, 6.07) is 1.66. The number of hydrogen-bond acceptors (Lipinski definition) is 4. The maximum atomic E-state index is 12.7. The van der Waals surface area contributed by atoms with Crippen LogP contribution in [0.2, 0.25) is 0 Å². The number of methoxy groups -OCH3 is 1. The van der Waals surface area contributed by atoms with E-state index in [1.54, 1.807) is 0 Å². The van der Waals surface area contributed by atoms with Crippen molar-refractivity contribution in [1.29, 1.82) is 0 Å². The van der Waals surface area contributed by atoms with Crippen molar-refractivity contribution in [2.45, 2.75) is 5.03 Å². The molecule has 0 unspecified atom stereocenters. The fourth-order valence-electron chi connectivity index (χ4n) is 0.680. The Hall–Kier alpha value is -0.880. The Morgan fingerprint density at radius 2 is 2.15 bits per heavy atom. The Morgan fingerprint density at radius 3 is 2.62 bits per heavy atom. The zero-order valence-corrected chi connectivity index (χ0v) is 8.06. The summed E-state index contributed by atoms with van der Waals surface area (Å²) < 4.78 is 38.7. The third kappa shape index (κ3) is 2.53. The van der Waals surface area contributed by atoms with Gasteiger partial charge in [0.05, 0.1) is 7.11 Å². The fraction of sp³-hybridized carbons (Fsp3) is 0.167. The van der Waals surface area contributed by atoms with Gasteiger partial charge in [-0.15, -0.1) is 0 Å². The molecule has 0 aromatic carbocycles. The van der Waals surface area contributed by atoms with E-state index in [-0.39, 0.29) is 5.88 Å². The SMILES string of the molecule is COc1cc(F)cc(S(=O)(=O)Cl)n1. The van der Waals surface area contributed by atoms with Crippen molar-refractivity contribution in [3.63, 3.8) is 0 Å². The number of aromatic nitrogens is 1. The van der Waals surface area contributed by atoms with Crippen LogP contribution in [0.15, 0.2) is 17.2 Å². The average Bonchev–Trinajstić information content (AvgIpc) is 2.01. The molecule has 0 aliphatic rings. The summed E-state index contributed by atoms with van der Waals surface area (Å²) in [7, 11) is 2.17. The van der Waals surface area contributed by atoms with Crippen LogP contribution in [-0.4, -0.2) is 20.5 Å². The molecule has 1 aromatic heterocycles. The molecule has 0 amide bonds. The minimum absolute atomic E-state index is 0.140. The number of pyridine rings is 1. The molecule has 0 saturated carbocycles. The predicted octanol–water partition coefficient (Wildman–Crippen LogP) is 1.16. The van der Waals surface area contributed by atoms with Crippen LogP contribution < -0.4 is 4.74 Å². The fourth-order valence-corrected chi connectivity index (χ4v) is 1.37. The zero-order chi connectivity index (χ0) is 10.1. The van der Waals surface area contributed by atoms with E-state index in [0.717, 1.165) is 6.07 Å². The predicted molar refractivity (Wildman–Crippen MR) is 43.8 cm³/mol. The molecule has 0 atom stereocenters. The van der Waals surface area contributed by atoms with Crippen molar-refractivity contribution in [2.75, 3.05) is 7.11 Å². The summed E-state index contributed by atoms with van der Waals surface area (Å²) in [6.07, 6.45) is 0. The van der Waals surface area contributed by atoms with Gasteiger partial charge < -0.3 is 4.74 Å². The van der Waals surface area contributed by atoms with Gasteiger partial charge in [0.1, 0.15) is 5.82 Å². The molecule has 0 saturated heterocycles. The lowest BCUT2D eigenvalue weighted by molar-refractivity contribution is 0.389. The van der Waals surface area contributed by atoms with Crippen LogP contribution in [0, 0.1) is 5.82 Å². The highest BCUT2D eigenvalue weighted by Crippen LogP contribution is 2.17. The van der Waals surface area contributed by atoms with E-state index >= 15 is 0 Å². The van der Waals surface area contributed by atoms with Gasteiger partial charge in [-0.05, 0) is 0 Å². The number of ether oxygens (including phenoxy) is 1. The number of hydrogen-bond donors (Lipinski definition) is 0. The molecule has 0 N–H and O–H groups in total. The van der Waals surface area contributed by atoms with Crippen molar-refractivity contribution < 1.29 is 17.5 Å². The lowest BCUT2D eigenvalue weighted by Gasteiger charge is -2.00. The first-order chi connectivity index (χ1) is 5.93. The van der Waals surface area contributed by atoms with E-state index in [2.05, 4.69) is 9.72 Å². The van der Waals surface area contributed by atoms with Crippen molar-refractivity contribution >= 4 is 19.7 Å². The number of rotatable bonds is 2. The average molecular weight is 226 g/mol.